The number of nitrogens with zero attached hydrogens (tertiary/aromatic N) is 4. The van der Waals surface area contributed by atoms with E-state index < -0.39 is 0 Å². The molecule has 1 unspecified atom stereocenters. The first-order valence-corrected chi connectivity index (χ1v) is 8.67. The summed E-state index contributed by atoms with van der Waals surface area (Å²) in [6, 6.07) is 8.89. The Bertz CT molecular complexity index is 958. The van der Waals surface area contributed by atoms with E-state index in [1.54, 1.807) is 28.9 Å². The molecule has 2 amide bonds. The Morgan fingerprint density at radius 1 is 1.12 bits per heavy atom. The maximum absolute atomic E-state index is 12.5. The second-order valence-corrected chi connectivity index (χ2v) is 7.83. The molecule has 0 aliphatic carbocycles. The number of aromatic amines is 1. The fourth-order valence-electron chi connectivity index (χ4n) is 3.15. The highest BCUT2D eigenvalue weighted by molar-refractivity contribution is 6.21. The maximum Gasteiger partial charge on any atom is 0.261 e. The van der Waals surface area contributed by atoms with E-state index in [4.69, 9.17) is 0 Å². The van der Waals surface area contributed by atoms with Crippen molar-refractivity contribution >= 4 is 17.5 Å². The second-order valence-electron chi connectivity index (χ2n) is 7.83. The van der Waals surface area contributed by atoms with Crippen LogP contribution in [0.1, 0.15) is 65.8 Å². The molecule has 2 aromatic heterocycles. The zero-order chi connectivity index (χ0) is 18.6. The standard InChI is InChI=1S/C19H21N5O2/c1-11(10-23-17(25)12-7-5-6-8-13(12)18(23)26)16-20-15-9-14(19(2,3)4)21-24(15)22-16/h5-9,11,21H,10H2,1-4H3. The number of hydrogen-bond acceptors (Lipinski definition) is 4. The molecule has 4 rings (SSSR count). The van der Waals surface area contributed by atoms with Crippen LogP contribution in [0.15, 0.2) is 30.3 Å². The highest BCUT2D eigenvalue weighted by Crippen LogP contribution is 2.26. The van der Waals surface area contributed by atoms with E-state index in [1.165, 1.54) is 4.90 Å². The maximum atomic E-state index is 12.5. The largest absolute Gasteiger partial charge is 0.280 e. The highest BCUT2D eigenvalue weighted by Gasteiger charge is 2.36. The number of benzene rings is 1. The minimum atomic E-state index is -0.253. The Labute approximate surface area is 151 Å². The number of carbonyl (C=O) groups is 2. The third kappa shape index (κ3) is 2.51. The van der Waals surface area contributed by atoms with Gasteiger partial charge in [0.1, 0.15) is 0 Å². The summed E-state index contributed by atoms with van der Waals surface area (Å²) in [5, 5.41) is 7.72. The first-order chi connectivity index (χ1) is 12.3. The molecule has 1 N–H and O–H groups in total. The van der Waals surface area contributed by atoms with Crippen LogP contribution < -0.4 is 0 Å². The minimum absolute atomic E-state index is 0.0195. The summed E-state index contributed by atoms with van der Waals surface area (Å²) in [6.07, 6.45) is 0. The lowest BCUT2D eigenvalue weighted by Crippen LogP contribution is -2.33. The van der Waals surface area contributed by atoms with Gasteiger partial charge in [-0.15, -0.1) is 5.10 Å². The van der Waals surface area contributed by atoms with E-state index in [1.807, 2.05) is 13.0 Å². The summed E-state index contributed by atoms with van der Waals surface area (Å²) in [7, 11) is 0. The SMILES string of the molecule is CC(CN1C(=O)c2ccccc2C1=O)c1nc2cc(C(C)(C)C)[nH]n2n1. The fraction of sp³-hybridized carbons (Fsp3) is 0.368. The third-order valence-corrected chi connectivity index (χ3v) is 4.73. The van der Waals surface area contributed by atoms with E-state index in [2.05, 4.69) is 36.0 Å². The van der Waals surface area contributed by atoms with Crippen LogP contribution in [0.3, 0.4) is 0 Å². The molecule has 7 nitrogen and oxygen atoms in total. The van der Waals surface area contributed by atoms with Crippen molar-refractivity contribution in [1.29, 1.82) is 0 Å². The van der Waals surface area contributed by atoms with Crippen molar-refractivity contribution in [2.75, 3.05) is 6.54 Å². The Morgan fingerprint density at radius 3 is 2.27 bits per heavy atom. The summed E-state index contributed by atoms with van der Waals surface area (Å²) < 4.78 is 1.65. The number of H-pyrrole nitrogens is 1. The van der Waals surface area contributed by atoms with Crippen molar-refractivity contribution in [1.82, 2.24) is 24.7 Å². The second kappa shape index (κ2) is 5.52. The van der Waals surface area contributed by atoms with Gasteiger partial charge in [-0.1, -0.05) is 39.8 Å². The minimum Gasteiger partial charge on any atom is -0.280 e. The van der Waals surface area contributed by atoms with Gasteiger partial charge in [0.2, 0.25) is 0 Å². The van der Waals surface area contributed by atoms with E-state index >= 15 is 0 Å². The number of nitrogens with one attached hydrogen (secondary N) is 1. The number of aromatic nitrogens is 4. The van der Waals surface area contributed by atoms with Gasteiger partial charge in [0.15, 0.2) is 11.5 Å². The zero-order valence-electron chi connectivity index (χ0n) is 15.3. The molecule has 134 valence electrons. The molecular formula is C19H21N5O2. The van der Waals surface area contributed by atoms with Crippen LogP contribution in [0.5, 0.6) is 0 Å². The molecule has 1 aliphatic heterocycles. The molecule has 0 saturated heterocycles. The van der Waals surface area contributed by atoms with Crippen LogP contribution in [-0.4, -0.2) is 43.1 Å². The smallest absolute Gasteiger partial charge is 0.261 e. The van der Waals surface area contributed by atoms with Crippen molar-refractivity contribution in [3.8, 4) is 0 Å². The van der Waals surface area contributed by atoms with Gasteiger partial charge >= 0.3 is 0 Å². The van der Waals surface area contributed by atoms with Gasteiger partial charge in [-0.25, -0.2) is 4.98 Å². The molecule has 3 heterocycles. The van der Waals surface area contributed by atoms with Gasteiger partial charge in [-0.05, 0) is 12.1 Å². The Balaban J connectivity index is 1.56. The molecule has 0 radical (unpaired) electrons. The van der Waals surface area contributed by atoms with E-state index in [0.29, 0.717) is 17.0 Å². The van der Waals surface area contributed by atoms with Gasteiger partial charge in [0, 0.05) is 29.6 Å². The molecule has 0 fully saturated rings. The number of rotatable bonds is 3. The molecule has 1 aromatic carbocycles. The van der Waals surface area contributed by atoms with Gasteiger partial charge in [0.05, 0.1) is 11.1 Å². The molecule has 0 bridgehead atoms. The third-order valence-electron chi connectivity index (χ3n) is 4.73. The number of carbonyl (C=O) groups excluding carboxylic acids is 2. The van der Waals surface area contributed by atoms with Gasteiger partial charge in [0.25, 0.3) is 11.8 Å². The van der Waals surface area contributed by atoms with Crippen molar-refractivity contribution in [2.24, 2.45) is 0 Å². The van der Waals surface area contributed by atoms with Crippen LogP contribution in [0.25, 0.3) is 5.65 Å². The van der Waals surface area contributed by atoms with Crippen LogP contribution in [-0.2, 0) is 5.41 Å². The van der Waals surface area contributed by atoms with Crippen LogP contribution in [0, 0.1) is 0 Å². The van der Waals surface area contributed by atoms with Crippen molar-refractivity contribution in [2.45, 2.75) is 39.0 Å². The Morgan fingerprint density at radius 2 is 1.73 bits per heavy atom. The topological polar surface area (TPSA) is 83.4 Å². The summed E-state index contributed by atoms with van der Waals surface area (Å²) in [5.74, 6) is -0.0636. The summed E-state index contributed by atoms with van der Waals surface area (Å²) >= 11 is 0. The van der Waals surface area contributed by atoms with Crippen molar-refractivity contribution < 1.29 is 9.59 Å². The van der Waals surface area contributed by atoms with Gasteiger partial charge < -0.3 is 0 Å². The van der Waals surface area contributed by atoms with Crippen molar-refractivity contribution in [3.05, 3.63) is 53.0 Å². The Kier molecular flexibility index (Phi) is 3.50. The average molecular weight is 351 g/mol. The summed E-state index contributed by atoms with van der Waals surface area (Å²) in [4.78, 5) is 30.9. The van der Waals surface area contributed by atoms with Gasteiger partial charge in [-0.2, -0.15) is 4.63 Å². The molecule has 3 aromatic rings. The van der Waals surface area contributed by atoms with Gasteiger partial charge in [-0.3, -0.25) is 19.6 Å². The Hall–Kier alpha value is -2.96. The van der Waals surface area contributed by atoms with E-state index in [-0.39, 0.29) is 29.7 Å². The number of imide groups is 1. The zero-order valence-corrected chi connectivity index (χ0v) is 15.3. The monoisotopic (exact) mass is 351 g/mol. The lowest BCUT2D eigenvalue weighted by molar-refractivity contribution is 0.0645. The van der Waals surface area contributed by atoms with Crippen LogP contribution in [0.2, 0.25) is 0 Å². The fourth-order valence-corrected chi connectivity index (χ4v) is 3.15. The molecular weight excluding hydrogens is 330 g/mol. The number of amides is 2. The first kappa shape index (κ1) is 16.5. The van der Waals surface area contributed by atoms with E-state index in [0.717, 1.165) is 11.3 Å². The quantitative estimate of drug-likeness (QED) is 0.736. The molecule has 26 heavy (non-hydrogen) atoms. The molecule has 0 spiro atoms. The molecule has 1 aliphatic rings. The predicted molar refractivity (Wildman–Crippen MR) is 96.3 cm³/mol. The first-order valence-electron chi connectivity index (χ1n) is 8.67. The molecule has 1 atom stereocenters. The molecule has 0 saturated carbocycles. The van der Waals surface area contributed by atoms with Crippen molar-refractivity contribution in [3.63, 3.8) is 0 Å². The average Bonchev–Trinajstić information content (AvgIpc) is 3.22. The van der Waals surface area contributed by atoms with Crippen LogP contribution in [0.4, 0.5) is 0 Å². The normalized spacial score (nSPS) is 15.8. The van der Waals surface area contributed by atoms with E-state index in [9.17, 15) is 9.59 Å². The molecule has 7 heteroatoms. The highest BCUT2D eigenvalue weighted by atomic mass is 16.2. The lowest BCUT2D eigenvalue weighted by atomic mass is 9.93. The van der Waals surface area contributed by atoms with Crippen LogP contribution >= 0.6 is 0 Å². The lowest BCUT2D eigenvalue weighted by Gasteiger charge is -2.17. The number of fused-ring (bicyclic) bond motifs is 2. The summed E-state index contributed by atoms with van der Waals surface area (Å²) in [6.45, 7) is 8.52. The number of hydrogen-bond donors (Lipinski definition) is 1. The predicted octanol–water partition coefficient (Wildman–Crippen LogP) is 2.75. The summed E-state index contributed by atoms with van der Waals surface area (Å²) in [5.41, 5.74) is 2.69.